The van der Waals surface area contributed by atoms with Gasteiger partial charge in [0.25, 0.3) is 5.91 Å². The molecule has 0 aliphatic carbocycles. The number of ether oxygens (including phenoxy) is 1. The van der Waals surface area contributed by atoms with Crippen LogP contribution in [0.15, 0.2) is 52.9 Å². The van der Waals surface area contributed by atoms with Crippen LogP contribution in [0.5, 0.6) is 5.75 Å². The third-order valence-electron chi connectivity index (χ3n) is 3.76. The zero-order chi connectivity index (χ0) is 21.3. The maximum atomic E-state index is 12.3. The standard InChI is InChI=1S/C20H19ClN4O3S2/c1-2-28-16-9-4-3-6-13(16)11-22-17(26)12-29-20-25-24-19(30-20)18(27)23-15-8-5-7-14(21)10-15/h3-10H,2,11-12H2,1H3,(H,22,26)(H,23,27). The van der Waals surface area contributed by atoms with Crippen LogP contribution < -0.4 is 15.4 Å². The average molecular weight is 463 g/mol. The quantitative estimate of drug-likeness (QED) is 0.462. The second kappa shape index (κ2) is 11.0. The normalized spacial score (nSPS) is 10.5. The van der Waals surface area contributed by atoms with Gasteiger partial charge in [-0.25, -0.2) is 0 Å². The lowest BCUT2D eigenvalue weighted by Crippen LogP contribution is -2.24. The predicted octanol–water partition coefficient (Wildman–Crippen LogP) is 4.25. The first kappa shape index (κ1) is 22.1. The Bertz CT molecular complexity index is 1030. The highest BCUT2D eigenvalue weighted by Crippen LogP contribution is 2.24. The van der Waals surface area contributed by atoms with Crippen LogP contribution in [0.4, 0.5) is 5.69 Å². The maximum absolute atomic E-state index is 12.3. The molecule has 3 aromatic rings. The van der Waals surface area contributed by atoms with Crippen molar-refractivity contribution in [3.05, 3.63) is 64.1 Å². The Morgan fingerprint density at radius 1 is 1.17 bits per heavy atom. The highest BCUT2D eigenvalue weighted by Gasteiger charge is 2.15. The van der Waals surface area contributed by atoms with Crippen molar-refractivity contribution in [1.82, 2.24) is 15.5 Å². The Morgan fingerprint density at radius 3 is 2.80 bits per heavy atom. The summed E-state index contributed by atoms with van der Waals surface area (Å²) in [5.41, 5.74) is 1.48. The summed E-state index contributed by atoms with van der Waals surface area (Å²) in [6.07, 6.45) is 0. The summed E-state index contributed by atoms with van der Waals surface area (Å²) >= 11 is 8.26. The molecule has 156 valence electrons. The molecule has 10 heteroatoms. The number of rotatable bonds is 9. The molecule has 0 unspecified atom stereocenters. The molecular weight excluding hydrogens is 444 g/mol. The zero-order valence-corrected chi connectivity index (χ0v) is 18.4. The first-order chi connectivity index (χ1) is 14.5. The Balaban J connectivity index is 1.48. The first-order valence-corrected chi connectivity index (χ1v) is 11.2. The van der Waals surface area contributed by atoms with Crippen molar-refractivity contribution in [3.63, 3.8) is 0 Å². The van der Waals surface area contributed by atoms with Crippen molar-refractivity contribution < 1.29 is 14.3 Å². The second-order valence-electron chi connectivity index (χ2n) is 5.94. The van der Waals surface area contributed by atoms with E-state index in [2.05, 4.69) is 20.8 Å². The molecule has 0 saturated heterocycles. The van der Waals surface area contributed by atoms with Gasteiger partial charge in [-0.3, -0.25) is 9.59 Å². The zero-order valence-electron chi connectivity index (χ0n) is 16.1. The molecule has 2 N–H and O–H groups in total. The van der Waals surface area contributed by atoms with Crippen LogP contribution in [0.1, 0.15) is 22.3 Å². The SMILES string of the molecule is CCOc1ccccc1CNC(=O)CSc1nnc(C(=O)Nc2cccc(Cl)c2)s1. The van der Waals surface area contributed by atoms with Gasteiger partial charge in [-0.1, -0.05) is 59.0 Å². The highest BCUT2D eigenvalue weighted by atomic mass is 35.5. The topological polar surface area (TPSA) is 93.2 Å². The van der Waals surface area contributed by atoms with Crippen LogP contribution in [0.25, 0.3) is 0 Å². The lowest BCUT2D eigenvalue weighted by atomic mass is 10.2. The van der Waals surface area contributed by atoms with Gasteiger partial charge in [0.15, 0.2) is 4.34 Å². The molecule has 0 aliphatic rings. The van der Waals surface area contributed by atoms with Crippen molar-refractivity contribution in [2.45, 2.75) is 17.8 Å². The fourth-order valence-electron chi connectivity index (χ4n) is 2.43. The van der Waals surface area contributed by atoms with Gasteiger partial charge in [-0.05, 0) is 31.2 Å². The van der Waals surface area contributed by atoms with Crippen LogP contribution in [0.3, 0.4) is 0 Å². The Hall–Kier alpha value is -2.62. The number of nitrogens with zero attached hydrogens (tertiary/aromatic N) is 2. The minimum atomic E-state index is -0.376. The van der Waals surface area contributed by atoms with Gasteiger partial charge in [0.2, 0.25) is 10.9 Å². The molecule has 0 saturated carbocycles. The molecule has 0 radical (unpaired) electrons. The molecule has 0 spiro atoms. The minimum absolute atomic E-state index is 0.147. The number of para-hydroxylation sites is 1. The van der Waals surface area contributed by atoms with Gasteiger partial charge in [0.1, 0.15) is 5.75 Å². The molecule has 1 heterocycles. The second-order valence-corrected chi connectivity index (χ2v) is 8.58. The largest absolute Gasteiger partial charge is 0.494 e. The highest BCUT2D eigenvalue weighted by molar-refractivity contribution is 8.01. The number of hydrogen-bond donors (Lipinski definition) is 2. The van der Waals surface area contributed by atoms with Crippen molar-refractivity contribution in [2.24, 2.45) is 0 Å². The summed E-state index contributed by atoms with van der Waals surface area (Å²) in [5, 5.41) is 14.2. The number of thioether (sulfide) groups is 1. The summed E-state index contributed by atoms with van der Waals surface area (Å²) in [6, 6.07) is 14.4. The van der Waals surface area contributed by atoms with E-state index in [1.807, 2.05) is 31.2 Å². The lowest BCUT2D eigenvalue weighted by molar-refractivity contribution is -0.118. The third-order valence-corrected chi connectivity index (χ3v) is 6.05. The molecule has 2 aromatic carbocycles. The molecule has 2 amide bonds. The van der Waals surface area contributed by atoms with Crippen molar-refractivity contribution >= 4 is 52.2 Å². The molecule has 0 atom stereocenters. The number of carbonyl (C=O) groups is 2. The Labute approximate surface area is 187 Å². The maximum Gasteiger partial charge on any atom is 0.286 e. The summed E-state index contributed by atoms with van der Waals surface area (Å²) in [7, 11) is 0. The van der Waals surface area contributed by atoms with E-state index in [4.69, 9.17) is 16.3 Å². The predicted molar refractivity (Wildman–Crippen MR) is 119 cm³/mol. The summed E-state index contributed by atoms with van der Waals surface area (Å²) in [4.78, 5) is 24.4. The molecule has 30 heavy (non-hydrogen) atoms. The number of nitrogens with one attached hydrogen (secondary N) is 2. The van der Waals surface area contributed by atoms with Crippen molar-refractivity contribution in [3.8, 4) is 5.75 Å². The van der Waals surface area contributed by atoms with E-state index in [0.717, 1.165) is 22.6 Å². The smallest absolute Gasteiger partial charge is 0.286 e. The van der Waals surface area contributed by atoms with E-state index < -0.39 is 0 Å². The van der Waals surface area contributed by atoms with E-state index in [9.17, 15) is 9.59 Å². The van der Waals surface area contributed by atoms with Crippen LogP contribution in [0.2, 0.25) is 5.02 Å². The van der Waals surface area contributed by atoms with E-state index in [1.165, 1.54) is 11.8 Å². The fourth-order valence-corrected chi connectivity index (χ4v) is 4.20. The van der Waals surface area contributed by atoms with Crippen LogP contribution in [0, 0.1) is 0 Å². The molecule has 0 bridgehead atoms. The van der Waals surface area contributed by atoms with Gasteiger partial charge in [-0.2, -0.15) is 0 Å². The molecule has 0 aliphatic heterocycles. The number of hydrogen-bond acceptors (Lipinski definition) is 7. The van der Waals surface area contributed by atoms with E-state index in [0.29, 0.717) is 28.2 Å². The van der Waals surface area contributed by atoms with Gasteiger partial charge in [-0.15, -0.1) is 10.2 Å². The number of aromatic nitrogens is 2. The minimum Gasteiger partial charge on any atom is -0.494 e. The molecule has 1 aromatic heterocycles. The van der Waals surface area contributed by atoms with E-state index in [-0.39, 0.29) is 22.6 Å². The van der Waals surface area contributed by atoms with Crippen molar-refractivity contribution in [2.75, 3.05) is 17.7 Å². The van der Waals surface area contributed by atoms with Gasteiger partial charge in [0, 0.05) is 22.8 Å². The van der Waals surface area contributed by atoms with E-state index in [1.54, 1.807) is 24.3 Å². The number of amides is 2. The van der Waals surface area contributed by atoms with Gasteiger partial charge in [0.05, 0.1) is 12.4 Å². The van der Waals surface area contributed by atoms with Gasteiger partial charge >= 0.3 is 0 Å². The summed E-state index contributed by atoms with van der Waals surface area (Å²) in [5.74, 6) is 0.402. The fraction of sp³-hybridized carbons (Fsp3) is 0.200. The van der Waals surface area contributed by atoms with Gasteiger partial charge < -0.3 is 15.4 Å². The van der Waals surface area contributed by atoms with Crippen LogP contribution in [-0.4, -0.2) is 34.4 Å². The summed E-state index contributed by atoms with van der Waals surface area (Å²) < 4.78 is 6.09. The Morgan fingerprint density at radius 2 is 2.00 bits per heavy atom. The lowest BCUT2D eigenvalue weighted by Gasteiger charge is -2.10. The number of benzene rings is 2. The van der Waals surface area contributed by atoms with Crippen molar-refractivity contribution in [1.29, 1.82) is 0 Å². The number of anilines is 1. The first-order valence-electron chi connectivity index (χ1n) is 9.05. The summed E-state index contributed by atoms with van der Waals surface area (Å²) in [6.45, 7) is 2.85. The van der Waals surface area contributed by atoms with Crippen LogP contribution >= 0.6 is 34.7 Å². The third kappa shape index (κ3) is 6.45. The molecule has 7 nitrogen and oxygen atoms in total. The van der Waals surface area contributed by atoms with Crippen LogP contribution in [-0.2, 0) is 11.3 Å². The average Bonchev–Trinajstić information content (AvgIpc) is 3.21. The van der Waals surface area contributed by atoms with E-state index >= 15 is 0 Å². The number of carbonyl (C=O) groups excluding carboxylic acids is 2. The molecule has 0 fully saturated rings. The Kier molecular flexibility index (Phi) is 8.06. The number of halogens is 1. The monoisotopic (exact) mass is 462 g/mol. The molecule has 3 rings (SSSR count). The molecular formula is C20H19ClN4O3S2.